The number of carbonyl (C=O) groups is 1. The van der Waals surface area contributed by atoms with Crippen LogP contribution in [0.25, 0.3) is 0 Å². The largest absolute Gasteiger partial charge is 0.492 e. The lowest BCUT2D eigenvalue weighted by molar-refractivity contribution is -0.116. The molecular formula is C22H27N3O7S2. The zero-order valence-corrected chi connectivity index (χ0v) is 20.4. The molecule has 0 bridgehead atoms. The summed E-state index contributed by atoms with van der Waals surface area (Å²) in [6.45, 7) is 3.52. The highest BCUT2D eigenvalue weighted by Gasteiger charge is 2.26. The van der Waals surface area contributed by atoms with E-state index in [9.17, 15) is 21.6 Å². The van der Waals surface area contributed by atoms with Gasteiger partial charge in [-0.3, -0.25) is 4.79 Å². The number of ether oxygens (including phenoxy) is 2. The van der Waals surface area contributed by atoms with Gasteiger partial charge in [0.05, 0.1) is 23.0 Å². The highest BCUT2D eigenvalue weighted by molar-refractivity contribution is 7.89. The normalized spacial score (nSPS) is 16.9. The first kappa shape index (κ1) is 24.6. The molecule has 4 rings (SSSR count). The van der Waals surface area contributed by atoms with Gasteiger partial charge < -0.3 is 14.4 Å². The van der Waals surface area contributed by atoms with Crippen molar-refractivity contribution in [1.82, 2.24) is 9.03 Å². The van der Waals surface area contributed by atoms with Gasteiger partial charge in [0.25, 0.3) is 0 Å². The predicted octanol–water partition coefficient (Wildman–Crippen LogP) is 0.974. The molecule has 12 heteroatoms. The van der Waals surface area contributed by atoms with Gasteiger partial charge in [-0.25, -0.2) is 21.6 Å². The molecule has 2 aliphatic rings. The maximum Gasteiger partial charge on any atom is 0.243 e. The number of rotatable bonds is 8. The summed E-state index contributed by atoms with van der Waals surface area (Å²) >= 11 is 0. The van der Waals surface area contributed by atoms with Crippen molar-refractivity contribution in [2.24, 2.45) is 0 Å². The molecule has 1 N–H and O–H groups in total. The van der Waals surface area contributed by atoms with Crippen LogP contribution in [0, 0.1) is 0 Å². The fourth-order valence-corrected chi connectivity index (χ4v) is 6.42. The number of carbonyl (C=O) groups excluding carboxylic acids is 1. The third-order valence-electron chi connectivity index (χ3n) is 5.73. The standard InChI is InChI=1S/C22H27N3O7S2/c1-17(26)25-10-8-18-16-21(6-7-22(18)25)33(27,28)23-9-13-32-19-2-4-20(5-3-19)34(29,30)24-11-14-31-15-12-24/h2-7,16,23H,8-15H2,1H3. The minimum absolute atomic E-state index is 0.0345. The Bertz CT molecular complexity index is 1260. The van der Waals surface area contributed by atoms with Gasteiger partial charge in [-0.2, -0.15) is 4.31 Å². The second kappa shape index (κ2) is 10.0. The first-order valence-electron chi connectivity index (χ1n) is 10.9. The van der Waals surface area contributed by atoms with Crippen LogP contribution in [0.15, 0.2) is 52.3 Å². The van der Waals surface area contributed by atoms with E-state index >= 15 is 0 Å². The molecule has 10 nitrogen and oxygen atoms in total. The van der Waals surface area contributed by atoms with Gasteiger partial charge in [-0.1, -0.05) is 0 Å². The van der Waals surface area contributed by atoms with E-state index < -0.39 is 20.0 Å². The quantitative estimate of drug-likeness (QED) is 0.526. The Hall–Kier alpha value is -2.51. The third kappa shape index (κ3) is 5.26. The Morgan fingerprint density at radius 1 is 1.00 bits per heavy atom. The number of benzene rings is 2. The van der Waals surface area contributed by atoms with Crippen molar-refractivity contribution in [3.8, 4) is 5.75 Å². The number of amides is 1. The molecule has 0 radical (unpaired) electrons. The van der Waals surface area contributed by atoms with Gasteiger partial charge in [0.2, 0.25) is 26.0 Å². The van der Waals surface area contributed by atoms with Crippen LogP contribution in [0.2, 0.25) is 0 Å². The number of hydrogen-bond donors (Lipinski definition) is 1. The molecule has 0 spiro atoms. The first-order valence-corrected chi connectivity index (χ1v) is 13.8. The van der Waals surface area contributed by atoms with E-state index in [1.54, 1.807) is 29.2 Å². The molecular weight excluding hydrogens is 482 g/mol. The van der Waals surface area contributed by atoms with Crippen molar-refractivity contribution in [3.05, 3.63) is 48.0 Å². The van der Waals surface area contributed by atoms with Crippen LogP contribution in [-0.4, -0.2) is 73.0 Å². The van der Waals surface area contributed by atoms with E-state index in [0.29, 0.717) is 45.0 Å². The SMILES string of the molecule is CC(=O)N1CCc2cc(S(=O)(=O)NCCOc3ccc(S(=O)(=O)N4CCOCC4)cc3)ccc21. The summed E-state index contributed by atoms with van der Waals surface area (Å²) in [4.78, 5) is 13.6. The van der Waals surface area contributed by atoms with Crippen LogP contribution in [0.5, 0.6) is 5.75 Å². The smallest absolute Gasteiger partial charge is 0.243 e. The number of sulfonamides is 2. The molecule has 1 fully saturated rings. The summed E-state index contributed by atoms with van der Waals surface area (Å²) < 4.78 is 65.2. The molecule has 2 aromatic rings. The second-order valence-corrected chi connectivity index (χ2v) is 11.7. The highest BCUT2D eigenvalue weighted by atomic mass is 32.2. The number of morpholine rings is 1. The van der Waals surface area contributed by atoms with E-state index in [1.807, 2.05) is 0 Å². The van der Waals surface area contributed by atoms with Crippen LogP contribution in [-0.2, 0) is 36.0 Å². The molecule has 0 atom stereocenters. The van der Waals surface area contributed by atoms with Gasteiger partial charge >= 0.3 is 0 Å². The summed E-state index contributed by atoms with van der Waals surface area (Å²) in [5.41, 5.74) is 1.57. The van der Waals surface area contributed by atoms with Crippen molar-refractivity contribution < 1.29 is 31.1 Å². The Kier molecular flexibility index (Phi) is 7.24. The molecule has 0 aliphatic carbocycles. The lowest BCUT2D eigenvalue weighted by atomic mass is 10.2. The van der Waals surface area contributed by atoms with Gasteiger partial charge in [-0.05, 0) is 54.4 Å². The van der Waals surface area contributed by atoms with Gasteiger partial charge in [0.1, 0.15) is 12.4 Å². The van der Waals surface area contributed by atoms with Crippen molar-refractivity contribution in [1.29, 1.82) is 0 Å². The summed E-state index contributed by atoms with van der Waals surface area (Å²) in [5.74, 6) is 0.360. The molecule has 1 saturated heterocycles. The Balaban J connectivity index is 1.31. The molecule has 184 valence electrons. The minimum atomic E-state index is -3.74. The molecule has 0 saturated carbocycles. The monoisotopic (exact) mass is 509 g/mol. The van der Waals surface area contributed by atoms with Crippen molar-refractivity contribution in [2.45, 2.75) is 23.1 Å². The van der Waals surface area contributed by atoms with E-state index in [0.717, 1.165) is 11.3 Å². The molecule has 0 unspecified atom stereocenters. The topological polar surface area (TPSA) is 122 Å². The maximum absolute atomic E-state index is 12.7. The van der Waals surface area contributed by atoms with Crippen LogP contribution in [0.3, 0.4) is 0 Å². The summed E-state index contributed by atoms with van der Waals surface area (Å²) in [6.07, 6.45) is 0.610. The number of fused-ring (bicyclic) bond motifs is 1. The van der Waals surface area contributed by atoms with Crippen LogP contribution < -0.4 is 14.4 Å². The predicted molar refractivity (Wildman–Crippen MR) is 125 cm³/mol. The molecule has 2 heterocycles. The Labute approximate surface area is 199 Å². The van der Waals surface area contributed by atoms with Crippen LogP contribution in [0.4, 0.5) is 5.69 Å². The fourth-order valence-electron chi connectivity index (χ4n) is 3.94. The zero-order chi connectivity index (χ0) is 24.3. The molecule has 34 heavy (non-hydrogen) atoms. The number of nitrogens with one attached hydrogen (secondary N) is 1. The third-order valence-corrected chi connectivity index (χ3v) is 9.10. The molecule has 1 amide bonds. The number of anilines is 1. The summed E-state index contributed by atoms with van der Waals surface area (Å²) in [6, 6.07) is 10.8. The maximum atomic E-state index is 12.7. The average Bonchev–Trinajstić information content (AvgIpc) is 3.26. The number of nitrogens with zero attached hydrogens (tertiary/aromatic N) is 2. The Morgan fingerprint density at radius 2 is 1.68 bits per heavy atom. The lowest BCUT2D eigenvalue weighted by Gasteiger charge is -2.26. The first-order chi connectivity index (χ1) is 16.2. The van der Waals surface area contributed by atoms with Gasteiger partial charge in [0, 0.05) is 38.8 Å². The average molecular weight is 510 g/mol. The fraction of sp³-hybridized carbons (Fsp3) is 0.409. The molecule has 2 aliphatic heterocycles. The molecule has 2 aromatic carbocycles. The summed E-state index contributed by atoms with van der Waals surface area (Å²) in [7, 11) is -7.32. The molecule has 0 aromatic heterocycles. The van der Waals surface area contributed by atoms with E-state index in [1.165, 1.54) is 29.4 Å². The van der Waals surface area contributed by atoms with Gasteiger partial charge in [-0.15, -0.1) is 0 Å². The highest BCUT2D eigenvalue weighted by Crippen LogP contribution is 2.30. The second-order valence-electron chi connectivity index (χ2n) is 7.95. The van der Waals surface area contributed by atoms with Crippen LogP contribution in [0.1, 0.15) is 12.5 Å². The minimum Gasteiger partial charge on any atom is -0.492 e. The van der Waals surface area contributed by atoms with Crippen LogP contribution >= 0.6 is 0 Å². The van der Waals surface area contributed by atoms with E-state index in [-0.39, 0.29) is 28.8 Å². The van der Waals surface area contributed by atoms with E-state index in [4.69, 9.17) is 9.47 Å². The zero-order valence-electron chi connectivity index (χ0n) is 18.8. The Morgan fingerprint density at radius 3 is 2.35 bits per heavy atom. The van der Waals surface area contributed by atoms with Crippen molar-refractivity contribution >= 4 is 31.6 Å². The summed E-state index contributed by atoms with van der Waals surface area (Å²) in [5, 5.41) is 0. The number of hydrogen-bond acceptors (Lipinski definition) is 7. The lowest BCUT2D eigenvalue weighted by Crippen LogP contribution is -2.40. The van der Waals surface area contributed by atoms with Gasteiger partial charge in [0.15, 0.2) is 0 Å². The van der Waals surface area contributed by atoms with E-state index in [2.05, 4.69) is 4.72 Å². The van der Waals surface area contributed by atoms with Crippen molar-refractivity contribution in [2.75, 3.05) is 50.9 Å². The van der Waals surface area contributed by atoms with Crippen molar-refractivity contribution in [3.63, 3.8) is 0 Å².